The van der Waals surface area contributed by atoms with Crippen LogP contribution in [0.4, 0.5) is 0 Å². The molecule has 150 valence electrons. The molecule has 2 aliphatic carbocycles. The molecule has 0 aromatic carbocycles. The minimum Gasteiger partial charge on any atom is -0.465 e. The molecule has 1 saturated carbocycles. The van der Waals surface area contributed by atoms with E-state index in [0.29, 0.717) is 6.61 Å². The van der Waals surface area contributed by atoms with E-state index in [9.17, 15) is 19.8 Å². The second-order valence-electron chi connectivity index (χ2n) is 8.45. The van der Waals surface area contributed by atoms with Crippen LogP contribution in [-0.4, -0.2) is 71.5 Å². The van der Waals surface area contributed by atoms with Crippen LogP contribution in [0.2, 0.25) is 0 Å². The van der Waals surface area contributed by atoms with Gasteiger partial charge in [-0.05, 0) is 18.9 Å². The summed E-state index contributed by atoms with van der Waals surface area (Å²) in [6.45, 7) is 6.61. The van der Waals surface area contributed by atoms with Crippen LogP contribution in [0.15, 0.2) is 11.6 Å². The van der Waals surface area contributed by atoms with Gasteiger partial charge in [-0.15, -0.1) is 0 Å². The number of carbonyl (C=O) groups is 2. The van der Waals surface area contributed by atoms with Crippen LogP contribution in [0.1, 0.15) is 34.1 Å². The molecular formula is C19H26O8. The highest BCUT2D eigenvalue weighted by atomic mass is 16.7. The third-order valence-electron chi connectivity index (χ3n) is 7.18. The molecule has 1 spiro atoms. The number of hydrogen-bond acceptors (Lipinski definition) is 8. The molecule has 0 aromatic rings. The smallest absolute Gasteiger partial charge is 0.303 e. The Hall–Kier alpha value is -1.48. The van der Waals surface area contributed by atoms with Crippen molar-refractivity contribution in [1.82, 2.24) is 0 Å². The summed E-state index contributed by atoms with van der Waals surface area (Å²) in [5.74, 6) is -0.978. The quantitative estimate of drug-likeness (QED) is 0.401. The maximum atomic E-state index is 11.8. The zero-order valence-electron chi connectivity index (χ0n) is 15.9. The summed E-state index contributed by atoms with van der Waals surface area (Å²) < 4.78 is 23.1. The van der Waals surface area contributed by atoms with Gasteiger partial charge in [0.2, 0.25) is 0 Å². The van der Waals surface area contributed by atoms with E-state index in [1.165, 1.54) is 13.8 Å². The number of aliphatic hydroxyl groups excluding tert-OH is 2. The molecule has 0 radical (unpaired) electrons. The number of carbonyl (C=O) groups excluding carboxylic acids is 2. The molecule has 2 saturated heterocycles. The van der Waals surface area contributed by atoms with Crippen LogP contribution >= 0.6 is 0 Å². The van der Waals surface area contributed by atoms with E-state index >= 15 is 0 Å². The van der Waals surface area contributed by atoms with Gasteiger partial charge < -0.3 is 29.2 Å². The van der Waals surface area contributed by atoms with E-state index in [-0.39, 0.29) is 13.0 Å². The van der Waals surface area contributed by atoms with Gasteiger partial charge in [0.15, 0.2) is 0 Å². The first-order valence-corrected chi connectivity index (χ1v) is 9.23. The summed E-state index contributed by atoms with van der Waals surface area (Å²) in [6.07, 6.45) is -1.86. The molecule has 2 N–H and O–H groups in total. The molecule has 3 fully saturated rings. The number of hydrogen-bond donors (Lipinski definition) is 2. The monoisotopic (exact) mass is 382 g/mol. The zero-order chi connectivity index (χ0) is 19.8. The summed E-state index contributed by atoms with van der Waals surface area (Å²) in [4.78, 5) is 23.4. The maximum Gasteiger partial charge on any atom is 0.303 e. The molecule has 0 amide bonds. The fourth-order valence-corrected chi connectivity index (χ4v) is 5.60. The first-order valence-electron chi connectivity index (χ1n) is 9.23. The van der Waals surface area contributed by atoms with Gasteiger partial charge in [0.05, 0.1) is 24.2 Å². The number of rotatable bonds is 3. The molecule has 4 rings (SSSR count). The van der Waals surface area contributed by atoms with Crippen LogP contribution in [0, 0.1) is 10.8 Å². The number of fused-ring (bicyclic) bond motifs is 2. The van der Waals surface area contributed by atoms with Crippen molar-refractivity contribution in [2.75, 3.05) is 13.2 Å². The Labute approximate surface area is 157 Å². The summed E-state index contributed by atoms with van der Waals surface area (Å²) in [5, 5.41) is 21.6. The predicted octanol–water partition coefficient (Wildman–Crippen LogP) is 0.0957. The first kappa shape index (κ1) is 18.9. The molecule has 2 heterocycles. The minimum atomic E-state index is -1.08. The van der Waals surface area contributed by atoms with E-state index in [0.717, 1.165) is 5.57 Å². The Bertz CT molecular complexity index is 712. The SMILES string of the molecule is CC(=O)OC[C@]12C[C@@H](O)C(C)=CC1OC1[C@H](O)[C@@H](OC(C)=O)[C@@]2(C)C12CO2. The molecule has 27 heavy (non-hydrogen) atoms. The predicted molar refractivity (Wildman–Crippen MR) is 90.5 cm³/mol. The second kappa shape index (κ2) is 5.76. The second-order valence-corrected chi connectivity index (χ2v) is 8.45. The van der Waals surface area contributed by atoms with Crippen LogP contribution in [-0.2, 0) is 28.5 Å². The lowest BCUT2D eigenvalue weighted by atomic mass is 9.51. The highest BCUT2D eigenvalue weighted by molar-refractivity contribution is 5.67. The summed E-state index contributed by atoms with van der Waals surface area (Å²) in [5.41, 5.74) is -1.91. The lowest BCUT2D eigenvalue weighted by Gasteiger charge is -2.58. The summed E-state index contributed by atoms with van der Waals surface area (Å²) in [6, 6.07) is 0. The van der Waals surface area contributed by atoms with E-state index in [2.05, 4.69) is 0 Å². The maximum absolute atomic E-state index is 11.8. The Morgan fingerprint density at radius 1 is 1.30 bits per heavy atom. The van der Waals surface area contributed by atoms with Crippen molar-refractivity contribution in [3.05, 3.63) is 11.6 Å². The van der Waals surface area contributed by atoms with Gasteiger partial charge in [-0.3, -0.25) is 9.59 Å². The standard InChI is InChI=1S/C19H26O8/c1-9-5-13-18(6-12(9)22,7-24-10(2)20)17(4)15(26-11(3)21)14(23)16(27-13)19(17)8-25-19/h5,12-16,22-23H,6-8H2,1-4H3/t12-,13?,14-,15-,16?,17-,18-,19?/m1/s1. The zero-order valence-corrected chi connectivity index (χ0v) is 15.9. The lowest BCUT2D eigenvalue weighted by molar-refractivity contribution is -0.239. The summed E-state index contributed by atoms with van der Waals surface area (Å²) in [7, 11) is 0. The molecule has 3 unspecified atom stereocenters. The minimum absolute atomic E-state index is 0.0351. The first-order chi connectivity index (χ1) is 12.6. The molecular weight excluding hydrogens is 356 g/mol. The van der Waals surface area contributed by atoms with Gasteiger partial charge in [-0.25, -0.2) is 0 Å². The lowest BCUT2D eigenvalue weighted by Crippen LogP contribution is -2.67. The van der Waals surface area contributed by atoms with E-state index < -0.39 is 58.9 Å². The van der Waals surface area contributed by atoms with Crippen LogP contribution in [0.5, 0.6) is 0 Å². The molecule has 0 aromatic heterocycles. The van der Waals surface area contributed by atoms with E-state index in [1.54, 1.807) is 0 Å². The topological polar surface area (TPSA) is 115 Å². The van der Waals surface area contributed by atoms with Gasteiger partial charge in [-0.2, -0.15) is 0 Å². The van der Waals surface area contributed by atoms with E-state index in [4.69, 9.17) is 18.9 Å². The number of epoxide rings is 1. The third kappa shape index (κ3) is 2.24. The van der Waals surface area contributed by atoms with Crippen molar-refractivity contribution >= 4 is 11.9 Å². The molecule has 8 heteroatoms. The Morgan fingerprint density at radius 3 is 2.52 bits per heavy atom. The fraction of sp³-hybridized carbons (Fsp3) is 0.789. The van der Waals surface area contributed by atoms with Crippen molar-refractivity contribution in [3.8, 4) is 0 Å². The molecule has 8 atom stereocenters. The molecule has 2 aliphatic heterocycles. The van der Waals surface area contributed by atoms with Crippen LogP contribution in [0.3, 0.4) is 0 Å². The van der Waals surface area contributed by atoms with Crippen molar-refractivity contribution < 1.29 is 38.7 Å². The Kier molecular flexibility index (Phi) is 4.03. The Morgan fingerprint density at radius 2 is 1.96 bits per heavy atom. The highest BCUT2D eigenvalue weighted by Gasteiger charge is 2.86. The largest absolute Gasteiger partial charge is 0.465 e. The van der Waals surface area contributed by atoms with Gasteiger partial charge >= 0.3 is 11.9 Å². The van der Waals surface area contributed by atoms with E-state index in [1.807, 2.05) is 19.9 Å². The number of aliphatic hydroxyl groups is 2. The van der Waals surface area contributed by atoms with Crippen LogP contribution in [0.25, 0.3) is 0 Å². The number of esters is 2. The fourth-order valence-electron chi connectivity index (χ4n) is 5.60. The van der Waals surface area contributed by atoms with Gasteiger partial charge in [0.1, 0.15) is 30.5 Å². The normalized spacial score (nSPS) is 50.0. The van der Waals surface area contributed by atoms with Gasteiger partial charge in [0, 0.05) is 19.3 Å². The highest BCUT2D eigenvalue weighted by Crippen LogP contribution is 2.72. The van der Waals surface area contributed by atoms with Gasteiger partial charge in [0.25, 0.3) is 0 Å². The molecule has 4 aliphatic rings. The van der Waals surface area contributed by atoms with Gasteiger partial charge in [-0.1, -0.05) is 13.0 Å². The van der Waals surface area contributed by atoms with Crippen molar-refractivity contribution in [1.29, 1.82) is 0 Å². The van der Waals surface area contributed by atoms with Crippen molar-refractivity contribution in [2.45, 2.75) is 70.2 Å². The average molecular weight is 382 g/mol. The summed E-state index contributed by atoms with van der Waals surface area (Å²) >= 11 is 0. The third-order valence-corrected chi connectivity index (χ3v) is 7.18. The van der Waals surface area contributed by atoms with Crippen molar-refractivity contribution in [3.63, 3.8) is 0 Å². The Balaban J connectivity index is 1.88. The van der Waals surface area contributed by atoms with Crippen molar-refractivity contribution in [2.24, 2.45) is 10.8 Å². The number of ether oxygens (including phenoxy) is 4. The van der Waals surface area contributed by atoms with Crippen LogP contribution < -0.4 is 0 Å². The average Bonchev–Trinajstić information content (AvgIpc) is 3.36. The molecule has 8 nitrogen and oxygen atoms in total. The molecule has 2 bridgehead atoms.